The number of hydrogen-bond acceptors (Lipinski definition) is 4. The van der Waals surface area contributed by atoms with E-state index in [9.17, 15) is 4.39 Å². The zero-order chi connectivity index (χ0) is 14.5. The molecule has 2 rings (SSSR count). The quantitative estimate of drug-likeness (QED) is 0.860. The maximum atomic E-state index is 13.2. The Balaban J connectivity index is 2.18. The van der Waals surface area contributed by atoms with Crippen molar-refractivity contribution in [1.82, 2.24) is 4.98 Å². The number of anilines is 3. The lowest BCUT2D eigenvalue weighted by Gasteiger charge is -2.10. The maximum absolute atomic E-state index is 13.2. The van der Waals surface area contributed by atoms with Gasteiger partial charge in [0.15, 0.2) is 0 Å². The number of nitrogens with two attached hydrogens (primary N) is 1. The van der Waals surface area contributed by atoms with E-state index < -0.39 is 0 Å². The molecule has 0 aliphatic heterocycles. The van der Waals surface area contributed by atoms with Crippen LogP contribution < -0.4 is 15.8 Å². The molecule has 4 nitrogen and oxygen atoms in total. The number of benzene rings is 1. The average molecular weight is 340 g/mol. The summed E-state index contributed by atoms with van der Waals surface area (Å²) in [5.74, 6) is 0.676. The highest BCUT2D eigenvalue weighted by Gasteiger charge is 2.06. The monoisotopic (exact) mass is 339 g/mol. The number of pyridine rings is 1. The molecule has 3 N–H and O–H groups in total. The fourth-order valence-corrected chi connectivity index (χ4v) is 1.94. The van der Waals surface area contributed by atoms with E-state index >= 15 is 0 Å². The molecule has 0 spiro atoms. The molecule has 20 heavy (non-hydrogen) atoms. The number of nitrogens with one attached hydrogen (secondary N) is 1. The first-order valence-electron chi connectivity index (χ1n) is 6.21. The normalized spacial score (nSPS) is 10.3. The summed E-state index contributed by atoms with van der Waals surface area (Å²) in [5.41, 5.74) is 7.00. The lowest BCUT2D eigenvalue weighted by Crippen LogP contribution is -2.03. The van der Waals surface area contributed by atoms with Crippen molar-refractivity contribution in [2.75, 3.05) is 17.7 Å². The molecule has 0 amide bonds. The second-order valence-electron chi connectivity index (χ2n) is 4.19. The summed E-state index contributed by atoms with van der Waals surface area (Å²) < 4.78 is 19.0. The van der Waals surface area contributed by atoms with Gasteiger partial charge in [-0.05, 0) is 52.7 Å². The Morgan fingerprint density at radius 1 is 1.35 bits per heavy atom. The van der Waals surface area contributed by atoms with Gasteiger partial charge in [0.2, 0.25) is 5.88 Å². The van der Waals surface area contributed by atoms with Crippen molar-refractivity contribution in [2.24, 2.45) is 0 Å². The Labute approximate surface area is 125 Å². The highest BCUT2D eigenvalue weighted by atomic mass is 79.9. The molecule has 1 aromatic carbocycles. The van der Waals surface area contributed by atoms with Gasteiger partial charge in [-0.25, -0.2) is 4.39 Å². The van der Waals surface area contributed by atoms with Crippen LogP contribution in [0.25, 0.3) is 0 Å². The minimum absolute atomic E-state index is 0.312. The van der Waals surface area contributed by atoms with Crippen LogP contribution in [-0.4, -0.2) is 11.6 Å². The van der Waals surface area contributed by atoms with E-state index in [2.05, 4.69) is 26.2 Å². The van der Waals surface area contributed by atoms with Crippen LogP contribution in [-0.2, 0) is 0 Å². The standard InChI is InChI=1S/C14H15BrFN3O/c1-2-7-20-14-12(17)5-6-13(19-14)18-9-3-4-11(16)10(15)8-9/h3-6,8H,2,7,17H2,1H3,(H,18,19). The minimum atomic E-state index is -0.312. The van der Waals surface area contributed by atoms with Crippen LogP contribution in [0.2, 0.25) is 0 Å². The molecule has 0 atom stereocenters. The average Bonchev–Trinajstić information content (AvgIpc) is 2.43. The molecule has 0 fully saturated rings. The molecule has 6 heteroatoms. The SMILES string of the molecule is CCCOc1nc(Nc2ccc(F)c(Br)c2)ccc1N. The van der Waals surface area contributed by atoms with Crippen LogP contribution in [0.5, 0.6) is 5.88 Å². The van der Waals surface area contributed by atoms with Gasteiger partial charge in [-0.1, -0.05) is 6.92 Å². The number of aromatic nitrogens is 1. The summed E-state index contributed by atoms with van der Waals surface area (Å²) in [4.78, 5) is 4.29. The van der Waals surface area contributed by atoms with Crippen molar-refractivity contribution in [2.45, 2.75) is 13.3 Å². The first-order chi connectivity index (χ1) is 9.60. The molecule has 0 saturated heterocycles. The van der Waals surface area contributed by atoms with Gasteiger partial charge >= 0.3 is 0 Å². The van der Waals surface area contributed by atoms with Gasteiger partial charge in [-0.3, -0.25) is 0 Å². The Morgan fingerprint density at radius 2 is 2.15 bits per heavy atom. The third kappa shape index (κ3) is 3.60. The summed E-state index contributed by atoms with van der Waals surface area (Å²) in [6.45, 7) is 2.57. The topological polar surface area (TPSA) is 60.2 Å². The highest BCUT2D eigenvalue weighted by molar-refractivity contribution is 9.10. The predicted molar refractivity (Wildman–Crippen MR) is 81.8 cm³/mol. The van der Waals surface area contributed by atoms with Gasteiger partial charge in [-0.2, -0.15) is 4.98 Å². The van der Waals surface area contributed by atoms with E-state index in [0.29, 0.717) is 28.5 Å². The van der Waals surface area contributed by atoms with Crippen LogP contribution in [0.3, 0.4) is 0 Å². The van der Waals surface area contributed by atoms with Crippen molar-refractivity contribution in [3.05, 3.63) is 40.6 Å². The lowest BCUT2D eigenvalue weighted by atomic mass is 10.3. The van der Waals surface area contributed by atoms with Gasteiger partial charge in [0.1, 0.15) is 11.6 Å². The molecule has 0 unspecified atom stereocenters. The van der Waals surface area contributed by atoms with Crippen molar-refractivity contribution in [3.63, 3.8) is 0 Å². The van der Waals surface area contributed by atoms with Gasteiger partial charge < -0.3 is 15.8 Å². The van der Waals surface area contributed by atoms with Crippen molar-refractivity contribution >= 4 is 33.1 Å². The first-order valence-corrected chi connectivity index (χ1v) is 7.01. The van der Waals surface area contributed by atoms with Crippen LogP contribution in [0.4, 0.5) is 21.6 Å². The molecule has 1 heterocycles. The maximum Gasteiger partial charge on any atom is 0.239 e. The van der Waals surface area contributed by atoms with Crippen molar-refractivity contribution in [3.8, 4) is 5.88 Å². The molecule has 0 saturated carbocycles. The summed E-state index contributed by atoms with van der Waals surface area (Å²) >= 11 is 3.14. The zero-order valence-electron chi connectivity index (χ0n) is 11.0. The number of ether oxygens (including phenoxy) is 1. The smallest absolute Gasteiger partial charge is 0.239 e. The Morgan fingerprint density at radius 3 is 2.85 bits per heavy atom. The number of rotatable bonds is 5. The molecule has 0 aliphatic carbocycles. The van der Waals surface area contributed by atoms with Gasteiger partial charge in [-0.15, -0.1) is 0 Å². The van der Waals surface area contributed by atoms with Crippen molar-refractivity contribution in [1.29, 1.82) is 0 Å². The number of hydrogen-bond donors (Lipinski definition) is 2. The molecule has 2 aromatic rings. The fraction of sp³-hybridized carbons (Fsp3) is 0.214. The first kappa shape index (κ1) is 14.6. The van der Waals surface area contributed by atoms with Crippen LogP contribution in [0.15, 0.2) is 34.8 Å². The number of nitrogen functional groups attached to an aromatic ring is 1. The Bertz CT molecular complexity index is 607. The van der Waals surface area contributed by atoms with E-state index in [-0.39, 0.29) is 5.82 Å². The number of halogens is 2. The lowest BCUT2D eigenvalue weighted by molar-refractivity contribution is 0.307. The van der Waals surface area contributed by atoms with Crippen LogP contribution in [0, 0.1) is 5.82 Å². The zero-order valence-corrected chi connectivity index (χ0v) is 12.6. The van der Waals surface area contributed by atoms with E-state index in [1.807, 2.05) is 6.92 Å². The summed E-state index contributed by atoms with van der Waals surface area (Å²) in [6, 6.07) is 8.10. The van der Waals surface area contributed by atoms with E-state index in [4.69, 9.17) is 10.5 Å². The Hall–Kier alpha value is -1.82. The third-order valence-electron chi connectivity index (χ3n) is 2.52. The third-order valence-corrected chi connectivity index (χ3v) is 3.13. The molecule has 0 aliphatic rings. The van der Waals surface area contributed by atoms with E-state index in [1.54, 1.807) is 24.3 Å². The van der Waals surface area contributed by atoms with E-state index in [1.165, 1.54) is 6.07 Å². The minimum Gasteiger partial charge on any atom is -0.476 e. The predicted octanol–water partition coefficient (Wildman–Crippen LogP) is 4.10. The number of nitrogens with zero attached hydrogens (tertiary/aromatic N) is 1. The van der Waals surface area contributed by atoms with Crippen LogP contribution in [0.1, 0.15) is 13.3 Å². The highest BCUT2D eigenvalue weighted by Crippen LogP contribution is 2.25. The largest absolute Gasteiger partial charge is 0.476 e. The molecular weight excluding hydrogens is 325 g/mol. The summed E-state index contributed by atoms with van der Waals surface area (Å²) in [6.07, 6.45) is 0.879. The second-order valence-corrected chi connectivity index (χ2v) is 5.05. The fourth-order valence-electron chi connectivity index (χ4n) is 1.56. The van der Waals surface area contributed by atoms with Gasteiger partial charge in [0.25, 0.3) is 0 Å². The second kappa shape index (κ2) is 6.56. The molecular formula is C14H15BrFN3O. The molecule has 0 bridgehead atoms. The van der Waals surface area contributed by atoms with E-state index in [0.717, 1.165) is 12.1 Å². The molecule has 106 valence electrons. The van der Waals surface area contributed by atoms with Crippen molar-refractivity contribution < 1.29 is 9.13 Å². The van der Waals surface area contributed by atoms with Gasteiger partial charge in [0, 0.05) is 5.69 Å². The van der Waals surface area contributed by atoms with Crippen LogP contribution >= 0.6 is 15.9 Å². The Kier molecular flexibility index (Phi) is 4.79. The van der Waals surface area contributed by atoms with Gasteiger partial charge in [0.05, 0.1) is 16.8 Å². The summed E-state index contributed by atoms with van der Waals surface area (Å²) in [7, 11) is 0. The molecule has 0 radical (unpaired) electrons. The summed E-state index contributed by atoms with van der Waals surface area (Å²) in [5, 5.41) is 3.07. The molecule has 1 aromatic heterocycles.